The lowest BCUT2D eigenvalue weighted by Gasteiger charge is -2.33. The number of aromatic nitrogens is 3. The SMILES string of the molecule is O=C(c1ccc(OC2CCCC2)nc1)N1CCN(c2ncc(F)cn2)C(=O)C1. The van der Waals surface area contributed by atoms with Gasteiger partial charge in [0, 0.05) is 25.4 Å². The van der Waals surface area contributed by atoms with Gasteiger partial charge in [0.25, 0.3) is 5.91 Å². The third kappa shape index (κ3) is 3.92. The van der Waals surface area contributed by atoms with Gasteiger partial charge in [-0.05, 0) is 31.7 Å². The predicted octanol–water partition coefficient (Wildman–Crippen LogP) is 1.82. The lowest BCUT2D eigenvalue weighted by atomic mass is 10.2. The molecule has 2 aliphatic rings. The van der Waals surface area contributed by atoms with Gasteiger partial charge in [0.1, 0.15) is 12.6 Å². The number of halogens is 1. The van der Waals surface area contributed by atoms with E-state index in [1.165, 1.54) is 28.8 Å². The molecule has 2 aromatic heterocycles. The van der Waals surface area contributed by atoms with Crippen LogP contribution >= 0.6 is 0 Å². The van der Waals surface area contributed by atoms with Crippen LogP contribution in [-0.4, -0.2) is 57.4 Å². The van der Waals surface area contributed by atoms with Crippen molar-refractivity contribution in [2.75, 3.05) is 24.5 Å². The van der Waals surface area contributed by atoms with E-state index in [-0.39, 0.29) is 37.0 Å². The van der Waals surface area contributed by atoms with E-state index >= 15 is 0 Å². The number of nitrogens with zero attached hydrogens (tertiary/aromatic N) is 5. The molecule has 3 heterocycles. The molecule has 0 spiro atoms. The van der Waals surface area contributed by atoms with Crippen LogP contribution in [0.2, 0.25) is 0 Å². The van der Waals surface area contributed by atoms with Crippen LogP contribution in [0.5, 0.6) is 5.88 Å². The molecule has 1 saturated carbocycles. The van der Waals surface area contributed by atoms with Crippen molar-refractivity contribution in [3.05, 3.63) is 42.1 Å². The maximum Gasteiger partial charge on any atom is 0.255 e. The van der Waals surface area contributed by atoms with Crippen LogP contribution < -0.4 is 9.64 Å². The van der Waals surface area contributed by atoms with Gasteiger partial charge < -0.3 is 9.64 Å². The number of carbonyl (C=O) groups is 2. The van der Waals surface area contributed by atoms with Crippen LogP contribution in [0.3, 0.4) is 0 Å². The van der Waals surface area contributed by atoms with E-state index in [2.05, 4.69) is 15.0 Å². The highest BCUT2D eigenvalue weighted by Crippen LogP contribution is 2.23. The van der Waals surface area contributed by atoms with Crippen molar-refractivity contribution < 1.29 is 18.7 Å². The Morgan fingerprint density at radius 3 is 2.46 bits per heavy atom. The molecule has 1 saturated heterocycles. The standard InChI is InChI=1S/C19H20FN5O3/c20-14-10-22-19(23-11-14)25-8-7-24(12-17(25)26)18(27)13-5-6-16(21-9-13)28-15-3-1-2-4-15/h5-6,9-11,15H,1-4,7-8,12H2. The third-order valence-electron chi connectivity index (χ3n) is 4.93. The molecular formula is C19H20FN5O3. The smallest absolute Gasteiger partial charge is 0.255 e. The lowest BCUT2D eigenvalue weighted by Crippen LogP contribution is -2.52. The van der Waals surface area contributed by atoms with Crippen molar-refractivity contribution in [2.45, 2.75) is 31.8 Å². The van der Waals surface area contributed by atoms with Crippen molar-refractivity contribution in [3.63, 3.8) is 0 Å². The molecule has 0 aromatic carbocycles. The minimum Gasteiger partial charge on any atom is -0.474 e. The van der Waals surface area contributed by atoms with Crippen molar-refractivity contribution in [1.82, 2.24) is 19.9 Å². The van der Waals surface area contributed by atoms with Crippen molar-refractivity contribution >= 4 is 17.8 Å². The number of carbonyl (C=O) groups excluding carboxylic acids is 2. The number of amides is 2. The summed E-state index contributed by atoms with van der Waals surface area (Å²) in [7, 11) is 0. The third-order valence-corrected chi connectivity index (χ3v) is 4.93. The van der Waals surface area contributed by atoms with Gasteiger partial charge in [-0.3, -0.25) is 14.5 Å². The summed E-state index contributed by atoms with van der Waals surface area (Å²) >= 11 is 0. The predicted molar refractivity (Wildman–Crippen MR) is 97.4 cm³/mol. The van der Waals surface area contributed by atoms with Crippen molar-refractivity contribution in [2.24, 2.45) is 0 Å². The Labute approximate surface area is 161 Å². The van der Waals surface area contributed by atoms with Gasteiger partial charge in [-0.2, -0.15) is 0 Å². The average Bonchev–Trinajstić information content (AvgIpc) is 3.22. The zero-order valence-corrected chi connectivity index (χ0v) is 15.3. The molecule has 9 heteroatoms. The van der Waals surface area contributed by atoms with E-state index in [0.717, 1.165) is 25.2 Å². The molecule has 2 aromatic rings. The molecule has 8 nitrogen and oxygen atoms in total. The Hall–Kier alpha value is -3.10. The summed E-state index contributed by atoms with van der Waals surface area (Å²) in [6.45, 7) is 0.470. The second-order valence-electron chi connectivity index (χ2n) is 6.88. The lowest BCUT2D eigenvalue weighted by molar-refractivity contribution is -0.120. The molecule has 2 fully saturated rings. The van der Waals surface area contributed by atoms with Crippen LogP contribution in [0.15, 0.2) is 30.7 Å². The Balaban J connectivity index is 1.37. The average molecular weight is 385 g/mol. The molecule has 4 rings (SSSR count). The maximum absolute atomic E-state index is 13.0. The zero-order valence-electron chi connectivity index (χ0n) is 15.3. The molecule has 1 aliphatic carbocycles. The Morgan fingerprint density at radius 1 is 1.07 bits per heavy atom. The van der Waals surface area contributed by atoms with Gasteiger partial charge in [0.05, 0.1) is 18.0 Å². The molecule has 146 valence electrons. The maximum atomic E-state index is 13.0. The second-order valence-corrected chi connectivity index (χ2v) is 6.88. The van der Waals surface area contributed by atoms with Crippen LogP contribution in [0.25, 0.3) is 0 Å². The summed E-state index contributed by atoms with van der Waals surface area (Å²) in [4.78, 5) is 39.8. The summed E-state index contributed by atoms with van der Waals surface area (Å²) < 4.78 is 18.8. The fraction of sp³-hybridized carbons (Fsp3) is 0.421. The molecule has 0 radical (unpaired) electrons. The second kappa shape index (κ2) is 7.87. The van der Waals surface area contributed by atoms with Gasteiger partial charge in [0.2, 0.25) is 17.7 Å². The van der Waals surface area contributed by atoms with Crippen LogP contribution in [0.1, 0.15) is 36.0 Å². The van der Waals surface area contributed by atoms with Crippen LogP contribution in [0.4, 0.5) is 10.3 Å². The zero-order chi connectivity index (χ0) is 19.5. The van der Waals surface area contributed by atoms with Gasteiger partial charge >= 0.3 is 0 Å². The first-order valence-corrected chi connectivity index (χ1v) is 9.30. The van der Waals surface area contributed by atoms with E-state index in [9.17, 15) is 14.0 Å². The van der Waals surface area contributed by atoms with Crippen LogP contribution in [-0.2, 0) is 4.79 Å². The number of pyridine rings is 1. The summed E-state index contributed by atoms with van der Waals surface area (Å²) in [5, 5.41) is 0. The number of rotatable bonds is 4. The Kier molecular flexibility index (Phi) is 5.14. The van der Waals surface area contributed by atoms with E-state index in [0.29, 0.717) is 18.0 Å². The first-order valence-electron chi connectivity index (χ1n) is 9.30. The van der Waals surface area contributed by atoms with Gasteiger partial charge in [0.15, 0.2) is 5.82 Å². The largest absolute Gasteiger partial charge is 0.474 e. The number of ether oxygens (including phenoxy) is 1. The summed E-state index contributed by atoms with van der Waals surface area (Å²) in [6, 6.07) is 3.36. The molecule has 0 atom stereocenters. The first kappa shape index (κ1) is 18.3. The first-order chi connectivity index (χ1) is 13.6. The van der Waals surface area contributed by atoms with E-state index in [4.69, 9.17) is 4.74 Å². The molecule has 28 heavy (non-hydrogen) atoms. The number of hydrogen-bond acceptors (Lipinski definition) is 6. The van der Waals surface area contributed by atoms with E-state index in [1.54, 1.807) is 12.1 Å². The summed E-state index contributed by atoms with van der Waals surface area (Å²) in [5.41, 5.74) is 0.401. The molecular weight excluding hydrogens is 365 g/mol. The summed E-state index contributed by atoms with van der Waals surface area (Å²) in [6.07, 6.45) is 8.11. The van der Waals surface area contributed by atoms with Crippen LogP contribution in [0, 0.1) is 5.82 Å². The minimum atomic E-state index is -0.571. The minimum absolute atomic E-state index is 0.0973. The van der Waals surface area contributed by atoms with E-state index < -0.39 is 5.82 Å². The Morgan fingerprint density at radius 2 is 1.82 bits per heavy atom. The highest BCUT2D eigenvalue weighted by Gasteiger charge is 2.30. The molecule has 0 bridgehead atoms. The number of piperazine rings is 1. The number of hydrogen-bond donors (Lipinski definition) is 0. The quantitative estimate of drug-likeness (QED) is 0.798. The molecule has 2 amide bonds. The number of anilines is 1. The highest BCUT2D eigenvalue weighted by molar-refractivity contribution is 6.00. The Bertz CT molecular complexity index is 853. The molecule has 0 unspecified atom stereocenters. The highest BCUT2D eigenvalue weighted by atomic mass is 19.1. The monoisotopic (exact) mass is 385 g/mol. The van der Waals surface area contributed by atoms with Gasteiger partial charge in [-0.15, -0.1) is 0 Å². The molecule has 0 N–H and O–H groups in total. The van der Waals surface area contributed by atoms with E-state index in [1.807, 2.05) is 0 Å². The van der Waals surface area contributed by atoms with Gasteiger partial charge in [-0.25, -0.2) is 19.3 Å². The normalized spacial score (nSPS) is 17.8. The summed E-state index contributed by atoms with van der Waals surface area (Å²) in [5.74, 6) is -0.516. The van der Waals surface area contributed by atoms with Gasteiger partial charge in [-0.1, -0.05) is 0 Å². The van der Waals surface area contributed by atoms with Crippen molar-refractivity contribution in [3.8, 4) is 5.88 Å². The fourth-order valence-corrected chi connectivity index (χ4v) is 3.44. The van der Waals surface area contributed by atoms with Crippen molar-refractivity contribution in [1.29, 1.82) is 0 Å². The fourth-order valence-electron chi connectivity index (χ4n) is 3.44. The molecule has 1 aliphatic heterocycles. The topological polar surface area (TPSA) is 88.5 Å².